The molecule has 7 heteroatoms. The van der Waals surface area contributed by atoms with Crippen LogP contribution in [0.25, 0.3) is 0 Å². The number of halogens is 4. The Labute approximate surface area is 120 Å². The third-order valence-corrected chi connectivity index (χ3v) is 3.55. The summed E-state index contributed by atoms with van der Waals surface area (Å²) in [6, 6.07) is 2.63. The van der Waals surface area contributed by atoms with Crippen LogP contribution in [0.5, 0.6) is 5.75 Å². The predicted molar refractivity (Wildman–Crippen MR) is 71.2 cm³/mol. The maximum atomic E-state index is 13.5. The van der Waals surface area contributed by atoms with Gasteiger partial charge >= 0.3 is 6.18 Å². The van der Waals surface area contributed by atoms with E-state index < -0.39 is 12.2 Å². The second-order valence-corrected chi connectivity index (χ2v) is 5.05. The Morgan fingerprint density at radius 1 is 1.30 bits per heavy atom. The summed E-state index contributed by atoms with van der Waals surface area (Å²) in [5, 5.41) is 3.31. The maximum Gasteiger partial charge on any atom is 0.408 e. The standard InChI is InChI=1S/C13H16ClF3N2O/c1-20-11-3-2-9(14)8-10(11)12(13(15,16)17)19-6-4-18-5-7-19/h2-3,8,12,18H,4-7H2,1H3/t12-/m0/s1. The molecule has 0 amide bonds. The van der Waals surface area contributed by atoms with E-state index in [2.05, 4.69) is 5.32 Å². The lowest BCUT2D eigenvalue weighted by Gasteiger charge is -2.36. The van der Waals surface area contributed by atoms with Gasteiger partial charge in [0.25, 0.3) is 0 Å². The fourth-order valence-corrected chi connectivity index (χ4v) is 2.62. The monoisotopic (exact) mass is 308 g/mol. The first-order valence-electron chi connectivity index (χ1n) is 6.28. The lowest BCUT2D eigenvalue weighted by atomic mass is 10.0. The summed E-state index contributed by atoms with van der Waals surface area (Å²) in [7, 11) is 1.36. The van der Waals surface area contributed by atoms with Gasteiger partial charge in [-0.25, -0.2) is 0 Å². The van der Waals surface area contributed by atoms with Gasteiger partial charge in [0.15, 0.2) is 0 Å². The van der Waals surface area contributed by atoms with Crippen molar-refractivity contribution in [2.75, 3.05) is 33.3 Å². The summed E-state index contributed by atoms with van der Waals surface area (Å²) < 4.78 is 45.5. The number of nitrogens with one attached hydrogen (secondary N) is 1. The summed E-state index contributed by atoms with van der Waals surface area (Å²) in [5.41, 5.74) is 0.0643. The average Bonchev–Trinajstić information content (AvgIpc) is 2.39. The highest BCUT2D eigenvalue weighted by molar-refractivity contribution is 6.30. The molecular formula is C13H16ClF3N2O. The number of hydrogen-bond acceptors (Lipinski definition) is 3. The van der Waals surface area contributed by atoms with E-state index in [1.54, 1.807) is 0 Å². The Morgan fingerprint density at radius 3 is 2.50 bits per heavy atom. The fraction of sp³-hybridized carbons (Fsp3) is 0.538. The van der Waals surface area contributed by atoms with Crippen LogP contribution in [0, 0.1) is 0 Å². The number of alkyl halides is 3. The van der Waals surface area contributed by atoms with Gasteiger partial charge in [-0.1, -0.05) is 11.6 Å². The van der Waals surface area contributed by atoms with Gasteiger partial charge in [-0.05, 0) is 18.2 Å². The molecule has 1 N–H and O–H groups in total. The molecule has 1 fully saturated rings. The van der Waals surface area contributed by atoms with Crippen molar-refractivity contribution in [1.29, 1.82) is 0 Å². The predicted octanol–water partition coefficient (Wildman–Crippen LogP) is 2.86. The molecule has 0 unspecified atom stereocenters. The fourth-order valence-electron chi connectivity index (χ4n) is 2.44. The quantitative estimate of drug-likeness (QED) is 0.929. The van der Waals surface area contributed by atoms with Crippen LogP contribution in [0.4, 0.5) is 13.2 Å². The van der Waals surface area contributed by atoms with Crippen molar-refractivity contribution in [2.45, 2.75) is 12.2 Å². The van der Waals surface area contributed by atoms with Crippen LogP contribution in [0.3, 0.4) is 0 Å². The van der Waals surface area contributed by atoms with Crippen LogP contribution in [0.2, 0.25) is 5.02 Å². The third kappa shape index (κ3) is 3.37. The Hall–Kier alpha value is -0.980. The Balaban J connectivity index is 2.43. The molecule has 112 valence electrons. The molecule has 0 aromatic heterocycles. The highest BCUT2D eigenvalue weighted by Gasteiger charge is 2.46. The molecule has 1 aliphatic rings. The molecule has 0 saturated carbocycles. The zero-order valence-electron chi connectivity index (χ0n) is 11.0. The van der Waals surface area contributed by atoms with Gasteiger partial charge in [-0.3, -0.25) is 4.90 Å². The van der Waals surface area contributed by atoms with Crippen LogP contribution in [-0.2, 0) is 0 Å². The summed E-state index contributed by atoms with van der Waals surface area (Å²) in [6.07, 6.45) is -4.38. The number of hydrogen-bond donors (Lipinski definition) is 1. The minimum absolute atomic E-state index is 0.0643. The number of piperazine rings is 1. The summed E-state index contributed by atoms with van der Waals surface area (Å²) in [6.45, 7) is 1.74. The van der Waals surface area contributed by atoms with E-state index in [0.717, 1.165) is 0 Å². The van der Waals surface area contributed by atoms with Gasteiger partial charge in [0.05, 0.1) is 7.11 Å². The van der Waals surface area contributed by atoms with E-state index >= 15 is 0 Å². The van der Waals surface area contributed by atoms with Crippen molar-refractivity contribution in [3.63, 3.8) is 0 Å². The topological polar surface area (TPSA) is 24.5 Å². The van der Waals surface area contributed by atoms with E-state index in [4.69, 9.17) is 16.3 Å². The smallest absolute Gasteiger partial charge is 0.408 e. The van der Waals surface area contributed by atoms with Crippen molar-refractivity contribution in [3.05, 3.63) is 28.8 Å². The molecule has 1 aromatic rings. The summed E-state index contributed by atoms with van der Waals surface area (Å²) in [4.78, 5) is 1.41. The van der Waals surface area contributed by atoms with E-state index in [1.807, 2.05) is 0 Å². The SMILES string of the molecule is COc1ccc(Cl)cc1[C@H](N1CCNCC1)C(F)(F)F. The minimum Gasteiger partial charge on any atom is -0.496 e. The van der Waals surface area contributed by atoms with Crippen molar-refractivity contribution < 1.29 is 17.9 Å². The number of nitrogens with zero attached hydrogens (tertiary/aromatic N) is 1. The average molecular weight is 309 g/mol. The van der Waals surface area contributed by atoms with Gasteiger partial charge in [0.1, 0.15) is 11.8 Å². The van der Waals surface area contributed by atoms with Crippen LogP contribution in [0.1, 0.15) is 11.6 Å². The first-order valence-corrected chi connectivity index (χ1v) is 6.66. The van der Waals surface area contributed by atoms with Crippen LogP contribution >= 0.6 is 11.6 Å². The Kier molecular flexibility index (Phi) is 4.78. The van der Waals surface area contributed by atoms with Gasteiger partial charge in [0.2, 0.25) is 0 Å². The first kappa shape index (κ1) is 15.4. The zero-order valence-corrected chi connectivity index (χ0v) is 11.8. The van der Waals surface area contributed by atoms with Gasteiger partial charge in [-0.15, -0.1) is 0 Å². The van der Waals surface area contributed by atoms with E-state index in [1.165, 1.54) is 30.2 Å². The van der Waals surface area contributed by atoms with Gasteiger partial charge in [-0.2, -0.15) is 13.2 Å². The molecule has 0 radical (unpaired) electrons. The molecule has 0 spiro atoms. The van der Waals surface area contributed by atoms with Crippen molar-refractivity contribution >= 4 is 11.6 Å². The van der Waals surface area contributed by atoms with Crippen LogP contribution in [-0.4, -0.2) is 44.4 Å². The molecule has 1 heterocycles. The second-order valence-electron chi connectivity index (χ2n) is 4.62. The molecular weight excluding hydrogens is 293 g/mol. The number of methoxy groups -OCH3 is 1. The molecule has 2 rings (SSSR count). The van der Waals surface area contributed by atoms with E-state index in [9.17, 15) is 13.2 Å². The van der Waals surface area contributed by atoms with E-state index in [-0.39, 0.29) is 16.3 Å². The van der Waals surface area contributed by atoms with Crippen molar-refractivity contribution in [3.8, 4) is 5.75 Å². The zero-order chi connectivity index (χ0) is 14.8. The van der Waals surface area contributed by atoms with Gasteiger partial charge < -0.3 is 10.1 Å². The van der Waals surface area contributed by atoms with Crippen molar-refractivity contribution in [2.24, 2.45) is 0 Å². The molecule has 1 aliphatic heterocycles. The first-order chi connectivity index (χ1) is 9.43. The number of ether oxygens (including phenoxy) is 1. The minimum atomic E-state index is -4.38. The molecule has 1 aromatic carbocycles. The Bertz CT molecular complexity index is 461. The maximum absolute atomic E-state index is 13.5. The number of benzene rings is 1. The summed E-state index contributed by atoms with van der Waals surface area (Å²) >= 11 is 5.85. The van der Waals surface area contributed by atoms with E-state index in [0.29, 0.717) is 26.2 Å². The molecule has 1 atom stereocenters. The third-order valence-electron chi connectivity index (χ3n) is 3.31. The highest BCUT2D eigenvalue weighted by Crippen LogP contribution is 2.42. The molecule has 20 heavy (non-hydrogen) atoms. The highest BCUT2D eigenvalue weighted by atomic mass is 35.5. The lowest BCUT2D eigenvalue weighted by molar-refractivity contribution is -0.188. The Morgan fingerprint density at radius 2 is 1.95 bits per heavy atom. The van der Waals surface area contributed by atoms with Crippen LogP contribution < -0.4 is 10.1 Å². The number of rotatable bonds is 3. The van der Waals surface area contributed by atoms with Crippen molar-refractivity contribution in [1.82, 2.24) is 10.2 Å². The normalized spacial score (nSPS) is 18.9. The molecule has 3 nitrogen and oxygen atoms in total. The van der Waals surface area contributed by atoms with Gasteiger partial charge in [0, 0.05) is 36.8 Å². The second kappa shape index (κ2) is 6.20. The molecule has 1 saturated heterocycles. The largest absolute Gasteiger partial charge is 0.496 e. The molecule has 0 aliphatic carbocycles. The molecule has 0 bridgehead atoms. The van der Waals surface area contributed by atoms with Crippen LogP contribution in [0.15, 0.2) is 18.2 Å². The summed E-state index contributed by atoms with van der Waals surface area (Å²) in [5.74, 6) is 0.204. The lowest BCUT2D eigenvalue weighted by Crippen LogP contribution is -2.49.